The molecule has 0 radical (unpaired) electrons. The van der Waals surface area contributed by atoms with Gasteiger partial charge in [0.15, 0.2) is 0 Å². The Kier molecular flexibility index (Phi) is 6.22. The van der Waals surface area contributed by atoms with E-state index in [1.165, 1.54) is 5.56 Å². The molecule has 2 aromatic rings. The summed E-state index contributed by atoms with van der Waals surface area (Å²) in [4.78, 5) is 0. The van der Waals surface area contributed by atoms with Crippen LogP contribution in [0.25, 0.3) is 0 Å². The maximum Gasteiger partial charge on any atom is 0.137 e. The van der Waals surface area contributed by atoms with E-state index in [2.05, 4.69) is 28.2 Å². The highest BCUT2D eigenvalue weighted by atomic mass is 79.9. The van der Waals surface area contributed by atoms with Crippen LogP contribution < -0.4 is 5.32 Å². The van der Waals surface area contributed by atoms with Gasteiger partial charge in [0.25, 0.3) is 0 Å². The minimum absolute atomic E-state index is 0.0914. The summed E-state index contributed by atoms with van der Waals surface area (Å²) in [5.74, 6) is -0.230. The summed E-state index contributed by atoms with van der Waals surface area (Å²) in [7, 11) is 0. The predicted molar refractivity (Wildman–Crippen MR) is 90.3 cm³/mol. The Morgan fingerprint density at radius 2 is 1.90 bits per heavy atom. The molecule has 0 aliphatic rings. The third-order valence-corrected chi connectivity index (χ3v) is 4.23. The first-order valence-electron chi connectivity index (χ1n) is 7.03. The monoisotopic (exact) mass is 369 g/mol. The van der Waals surface area contributed by atoms with Gasteiger partial charge < -0.3 is 5.32 Å². The molecule has 0 aromatic heterocycles. The zero-order chi connectivity index (χ0) is 15.2. The Hall–Kier alpha value is -0.900. The molecule has 0 spiro atoms. The van der Waals surface area contributed by atoms with Gasteiger partial charge in [-0.25, -0.2) is 4.39 Å². The Bertz CT molecular complexity index is 586. The average molecular weight is 371 g/mol. The molecule has 2 aromatic carbocycles. The maximum absolute atomic E-state index is 13.8. The summed E-state index contributed by atoms with van der Waals surface area (Å²) < 4.78 is 14.3. The third-order valence-electron chi connectivity index (χ3n) is 3.34. The Morgan fingerprint density at radius 3 is 2.52 bits per heavy atom. The highest BCUT2D eigenvalue weighted by Gasteiger charge is 2.13. The van der Waals surface area contributed by atoms with Crippen LogP contribution in [0.2, 0.25) is 5.02 Å². The molecule has 1 unspecified atom stereocenters. The van der Waals surface area contributed by atoms with Crippen molar-refractivity contribution in [3.63, 3.8) is 0 Å². The van der Waals surface area contributed by atoms with Crippen LogP contribution in [0.5, 0.6) is 0 Å². The first kappa shape index (κ1) is 16.5. The molecule has 0 aliphatic heterocycles. The van der Waals surface area contributed by atoms with E-state index in [0.717, 1.165) is 30.0 Å². The van der Waals surface area contributed by atoms with Crippen LogP contribution in [0, 0.1) is 5.82 Å². The normalized spacial score (nSPS) is 12.4. The molecule has 112 valence electrons. The molecule has 21 heavy (non-hydrogen) atoms. The van der Waals surface area contributed by atoms with Gasteiger partial charge in [0, 0.05) is 11.1 Å². The van der Waals surface area contributed by atoms with Crippen LogP contribution in [-0.4, -0.2) is 6.54 Å². The van der Waals surface area contributed by atoms with E-state index in [0.29, 0.717) is 4.47 Å². The van der Waals surface area contributed by atoms with E-state index in [4.69, 9.17) is 11.6 Å². The Labute approximate surface area is 138 Å². The van der Waals surface area contributed by atoms with Crippen molar-refractivity contribution in [2.45, 2.75) is 25.8 Å². The van der Waals surface area contributed by atoms with E-state index in [-0.39, 0.29) is 11.9 Å². The Balaban J connectivity index is 2.20. The number of hydrogen-bond donors (Lipinski definition) is 1. The van der Waals surface area contributed by atoms with Crippen LogP contribution in [0.4, 0.5) is 4.39 Å². The average Bonchev–Trinajstić information content (AvgIpc) is 2.48. The molecule has 1 atom stereocenters. The van der Waals surface area contributed by atoms with Gasteiger partial charge in [0.2, 0.25) is 0 Å². The number of benzene rings is 2. The van der Waals surface area contributed by atoms with Gasteiger partial charge in [0.1, 0.15) is 5.82 Å². The number of hydrogen-bond acceptors (Lipinski definition) is 1. The first-order chi connectivity index (χ1) is 10.1. The summed E-state index contributed by atoms with van der Waals surface area (Å²) in [6.07, 6.45) is 1.84. The molecule has 0 bridgehead atoms. The topological polar surface area (TPSA) is 12.0 Å². The second kappa shape index (κ2) is 7.92. The van der Waals surface area contributed by atoms with Crippen LogP contribution in [0.1, 0.15) is 30.5 Å². The van der Waals surface area contributed by atoms with Crippen LogP contribution >= 0.6 is 27.5 Å². The fourth-order valence-corrected chi connectivity index (χ4v) is 2.58. The molecule has 0 fully saturated rings. The van der Waals surface area contributed by atoms with Gasteiger partial charge in [-0.3, -0.25) is 0 Å². The molecule has 1 N–H and O–H groups in total. The van der Waals surface area contributed by atoms with Gasteiger partial charge in [0.05, 0.1) is 4.47 Å². The molecule has 0 heterocycles. The van der Waals surface area contributed by atoms with Gasteiger partial charge >= 0.3 is 0 Å². The van der Waals surface area contributed by atoms with Crippen LogP contribution in [-0.2, 0) is 6.42 Å². The molecule has 0 saturated heterocycles. The predicted octanol–water partition coefficient (Wildman–Crippen LogP) is 5.53. The van der Waals surface area contributed by atoms with Gasteiger partial charge in [-0.1, -0.05) is 36.7 Å². The van der Waals surface area contributed by atoms with Gasteiger partial charge in [-0.2, -0.15) is 0 Å². The fraction of sp³-hybridized carbons (Fsp3) is 0.294. The lowest BCUT2D eigenvalue weighted by molar-refractivity contribution is 0.523. The van der Waals surface area contributed by atoms with Crippen molar-refractivity contribution in [1.29, 1.82) is 0 Å². The van der Waals surface area contributed by atoms with Crippen LogP contribution in [0.3, 0.4) is 0 Å². The second-order valence-electron chi connectivity index (χ2n) is 5.01. The van der Waals surface area contributed by atoms with Crippen molar-refractivity contribution in [1.82, 2.24) is 5.32 Å². The molecule has 0 amide bonds. The van der Waals surface area contributed by atoms with Crippen molar-refractivity contribution in [2.75, 3.05) is 6.54 Å². The largest absolute Gasteiger partial charge is 0.310 e. The second-order valence-corrected chi connectivity index (χ2v) is 6.30. The number of rotatable bonds is 6. The minimum atomic E-state index is -0.230. The summed E-state index contributed by atoms with van der Waals surface area (Å²) in [5.41, 5.74) is 2.13. The molecule has 1 nitrogen and oxygen atoms in total. The summed E-state index contributed by atoms with van der Waals surface area (Å²) in [5, 5.41) is 4.21. The smallest absolute Gasteiger partial charge is 0.137 e. The summed E-state index contributed by atoms with van der Waals surface area (Å²) in [6.45, 7) is 3.02. The fourth-order valence-electron chi connectivity index (χ4n) is 2.21. The standard InChI is InChI=1S/C17H18BrClFN/c1-2-9-21-17(10-12-3-6-14(19)7-4-12)13-5-8-15(18)16(20)11-13/h3-8,11,17,21H,2,9-10H2,1H3. The quantitative estimate of drug-likeness (QED) is 0.705. The van der Waals surface area contributed by atoms with Crippen molar-refractivity contribution in [3.05, 3.63) is 68.9 Å². The van der Waals surface area contributed by atoms with E-state index >= 15 is 0 Å². The minimum Gasteiger partial charge on any atom is -0.310 e. The highest BCUT2D eigenvalue weighted by Crippen LogP contribution is 2.24. The maximum atomic E-state index is 13.8. The van der Waals surface area contributed by atoms with Crippen molar-refractivity contribution in [3.8, 4) is 0 Å². The van der Waals surface area contributed by atoms with E-state index in [9.17, 15) is 4.39 Å². The van der Waals surface area contributed by atoms with Crippen LogP contribution in [0.15, 0.2) is 46.9 Å². The highest BCUT2D eigenvalue weighted by molar-refractivity contribution is 9.10. The molecule has 0 saturated carbocycles. The lowest BCUT2D eigenvalue weighted by atomic mass is 9.98. The summed E-state index contributed by atoms with van der Waals surface area (Å²) in [6, 6.07) is 13.2. The number of halogens is 3. The molecular weight excluding hydrogens is 353 g/mol. The van der Waals surface area contributed by atoms with E-state index in [1.54, 1.807) is 12.1 Å². The van der Waals surface area contributed by atoms with E-state index in [1.807, 2.05) is 30.3 Å². The number of nitrogens with one attached hydrogen (secondary N) is 1. The molecule has 0 aliphatic carbocycles. The molecular formula is C17H18BrClFN. The third kappa shape index (κ3) is 4.80. The van der Waals surface area contributed by atoms with E-state index < -0.39 is 0 Å². The van der Waals surface area contributed by atoms with Crippen molar-refractivity contribution in [2.24, 2.45) is 0 Å². The SMILES string of the molecule is CCCNC(Cc1ccc(Cl)cc1)c1ccc(Br)c(F)c1. The lowest BCUT2D eigenvalue weighted by Crippen LogP contribution is -2.24. The zero-order valence-electron chi connectivity index (χ0n) is 11.9. The summed E-state index contributed by atoms with van der Waals surface area (Å²) >= 11 is 9.11. The first-order valence-corrected chi connectivity index (χ1v) is 8.20. The van der Waals surface area contributed by atoms with Gasteiger partial charge in [-0.05, 0) is 70.7 Å². The molecule has 2 rings (SSSR count). The van der Waals surface area contributed by atoms with Crippen molar-refractivity contribution < 1.29 is 4.39 Å². The Morgan fingerprint density at radius 1 is 1.19 bits per heavy atom. The van der Waals surface area contributed by atoms with Crippen molar-refractivity contribution >= 4 is 27.5 Å². The van der Waals surface area contributed by atoms with Gasteiger partial charge in [-0.15, -0.1) is 0 Å². The molecule has 4 heteroatoms. The zero-order valence-corrected chi connectivity index (χ0v) is 14.2. The lowest BCUT2D eigenvalue weighted by Gasteiger charge is -2.19.